The zero-order valence-electron chi connectivity index (χ0n) is 24.2. The molecule has 0 saturated carbocycles. The number of methoxy groups -OCH3 is 1. The first-order valence-electron chi connectivity index (χ1n) is 13.7. The fourth-order valence-corrected chi connectivity index (χ4v) is 4.68. The van der Waals surface area contributed by atoms with Gasteiger partial charge in [-0.25, -0.2) is 4.98 Å². The van der Waals surface area contributed by atoms with Crippen molar-refractivity contribution in [3.05, 3.63) is 145 Å². The second-order valence-corrected chi connectivity index (χ2v) is 9.69. The molecule has 4 aromatic carbocycles. The van der Waals surface area contributed by atoms with Crippen LogP contribution < -0.4 is 19.3 Å². The van der Waals surface area contributed by atoms with Crippen molar-refractivity contribution >= 4 is 28.6 Å². The van der Waals surface area contributed by atoms with Crippen LogP contribution in [0.15, 0.2) is 122 Å². The molecule has 6 nitrogen and oxygen atoms in total. The number of para-hydroxylation sites is 2. The predicted octanol–water partition coefficient (Wildman–Crippen LogP) is 9.06. The van der Waals surface area contributed by atoms with Crippen LogP contribution in [0.3, 0.4) is 0 Å². The van der Waals surface area contributed by atoms with Gasteiger partial charge in [0.25, 0.3) is 0 Å². The molecule has 9 heteroatoms. The van der Waals surface area contributed by atoms with Crippen molar-refractivity contribution in [2.75, 3.05) is 24.0 Å². The van der Waals surface area contributed by atoms with Crippen LogP contribution in [0.1, 0.15) is 0 Å². The zero-order valence-corrected chi connectivity index (χ0v) is 25.8. The summed E-state index contributed by atoms with van der Waals surface area (Å²) >= 11 is 0. The van der Waals surface area contributed by atoms with Gasteiger partial charge in [-0.1, -0.05) is 71.5 Å². The number of hydrogen-bond donors (Lipinski definition) is 0. The quantitative estimate of drug-likeness (QED) is 0.112. The van der Waals surface area contributed by atoms with Gasteiger partial charge in [-0.05, 0) is 54.2 Å². The van der Waals surface area contributed by atoms with Gasteiger partial charge in [-0.2, -0.15) is 0 Å². The number of rotatable bonds is 9. The second-order valence-electron chi connectivity index (χ2n) is 9.69. The third kappa shape index (κ3) is 7.01. The summed E-state index contributed by atoms with van der Waals surface area (Å²) in [6.07, 6.45) is 3.17. The minimum atomic E-state index is -0.921. The predicted molar refractivity (Wildman–Crippen MR) is 167 cm³/mol. The first-order valence-corrected chi connectivity index (χ1v) is 13.7. The maximum atomic E-state index is 15.2. The summed E-state index contributed by atoms with van der Waals surface area (Å²) in [6.45, 7) is 0. The second kappa shape index (κ2) is 14.1. The van der Waals surface area contributed by atoms with E-state index in [1.807, 2.05) is 102 Å². The van der Waals surface area contributed by atoms with Crippen molar-refractivity contribution in [2.45, 2.75) is 0 Å². The van der Waals surface area contributed by atoms with Crippen LogP contribution >= 0.6 is 0 Å². The molecule has 0 aliphatic rings. The Morgan fingerprint density at radius 3 is 2.02 bits per heavy atom. The molecule has 45 heavy (non-hydrogen) atoms. The summed E-state index contributed by atoms with van der Waals surface area (Å²) in [6, 6.07) is 38.9. The first-order chi connectivity index (χ1) is 21.5. The number of nitrogens with zero attached hydrogens (tertiary/aromatic N) is 4. The van der Waals surface area contributed by atoms with E-state index in [4.69, 9.17) is 9.47 Å². The van der Waals surface area contributed by atoms with Gasteiger partial charge in [-0.15, -0.1) is 18.2 Å². The van der Waals surface area contributed by atoms with Gasteiger partial charge in [0.15, 0.2) is 0 Å². The van der Waals surface area contributed by atoms with Gasteiger partial charge in [-0.3, -0.25) is 8.78 Å². The molecule has 0 saturated heterocycles. The third-order valence-electron chi connectivity index (χ3n) is 6.84. The molecular formula is C36H26F2N4O2Pd. The Kier molecular flexibility index (Phi) is 9.83. The minimum Gasteiger partial charge on any atom is -0.500 e. The molecule has 2 heterocycles. The first kappa shape index (κ1) is 31.3. The van der Waals surface area contributed by atoms with E-state index in [0.717, 1.165) is 17.4 Å². The Balaban J connectivity index is 0.00000400. The average molecular weight is 691 g/mol. The summed E-state index contributed by atoms with van der Waals surface area (Å²) in [7, 11) is 3.35. The summed E-state index contributed by atoms with van der Waals surface area (Å²) in [5.74, 6) is -0.734. The van der Waals surface area contributed by atoms with Gasteiger partial charge in [0.05, 0.1) is 18.7 Å². The molecule has 6 rings (SSSR count). The van der Waals surface area contributed by atoms with E-state index in [2.05, 4.69) is 22.1 Å². The van der Waals surface area contributed by atoms with Gasteiger partial charge in [0, 0.05) is 42.4 Å². The third-order valence-corrected chi connectivity index (χ3v) is 6.84. The minimum absolute atomic E-state index is 0. The number of ether oxygens (including phenoxy) is 2. The molecule has 0 unspecified atom stereocenters. The van der Waals surface area contributed by atoms with Gasteiger partial charge >= 0.3 is 20.4 Å². The van der Waals surface area contributed by atoms with Crippen molar-refractivity contribution < 1.29 is 38.7 Å². The van der Waals surface area contributed by atoms with Crippen LogP contribution in [0.4, 0.5) is 37.3 Å². The largest absolute Gasteiger partial charge is 2.00 e. The molecule has 2 aromatic heterocycles. The number of aromatic nitrogens is 2. The molecule has 0 bridgehead atoms. The number of anilines is 5. The van der Waals surface area contributed by atoms with E-state index in [9.17, 15) is 4.39 Å². The van der Waals surface area contributed by atoms with Crippen LogP contribution in [-0.2, 0) is 20.4 Å². The molecule has 0 aliphatic heterocycles. The number of halogens is 2. The molecule has 0 fully saturated rings. The summed E-state index contributed by atoms with van der Waals surface area (Å²) < 4.78 is 41.5. The molecule has 0 N–H and O–H groups in total. The van der Waals surface area contributed by atoms with Crippen molar-refractivity contribution in [1.29, 1.82) is 0 Å². The molecule has 6 aromatic rings. The topological polar surface area (TPSA) is 50.7 Å². The molecule has 226 valence electrons. The van der Waals surface area contributed by atoms with Crippen molar-refractivity contribution in [3.63, 3.8) is 0 Å². The maximum Gasteiger partial charge on any atom is 2.00 e. The smallest absolute Gasteiger partial charge is 0.500 e. The Labute approximate surface area is 274 Å². The van der Waals surface area contributed by atoms with E-state index in [0.29, 0.717) is 22.9 Å². The summed E-state index contributed by atoms with van der Waals surface area (Å²) in [4.78, 5) is 12.6. The van der Waals surface area contributed by atoms with Gasteiger partial charge < -0.3 is 24.3 Å². The van der Waals surface area contributed by atoms with Crippen molar-refractivity contribution in [3.8, 4) is 28.5 Å². The van der Waals surface area contributed by atoms with E-state index in [-0.39, 0.29) is 43.2 Å². The van der Waals surface area contributed by atoms with E-state index in [1.54, 1.807) is 24.4 Å². The van der Waals surface area contributed by atoms with Gasteiger partial charge in [0.2, 0.25) is 0 Å². The molecule has 0 radical (unpaired) electrons. The number of benzene rings is 4. The Morgan fingerprint density at radius 2 is 1.38 bits per heavy atom. The van der Waals surface area contributed by atoms with Crippen molar-refractivity contribution in [1.82, 2.24) is 9.97 Å². The SMILES string of the molecule is COc1ccnc(-c2[c-]c(Oc3[c-]c(N(C)c4ccccn4)cc(N(c4ccccc4)c4ccccc4)c3)c(F)cc2F)c1.[Pd+2]. The maximum absolute atomic E-state index is 15.2. The van der Waals surface area contributed by atoms with Crippen LogP contribution in [-0.4, -0.2) is 24.1 Å². The number of pyridine rings is 2. The van der Waals surface area contributed by atoms with Crippen LogP contribution in [0.25, 0.3) is 11.3 Å². The van der Waals surface area contributed by atoms with Crippen LogP contribution in [0.5, 0.6) is 17.2 Å². The normalized spacial score (nSPS) is 10.5. The van der Waals surface area contributed by atoms with E-state index < -0.39 is 11.6 Å². The zero-order chi connectivity index (χ0) is 30.5. The summed E-state index contributed by atoms with van der Waals surface area (Å²) in [5.41, 5.74) is 3.27. The van der Waals surface area contributed by atoms with Crippen LogP contribution in [0, 0.1) is 23.8 Å². The molecule has 0 amide bonds. The standard InChI is InChI=1S/C36H26F2N4O2.Pd/c1-41(36-15-9-10-17-40-36)27-19-28(42(25-11-5-3-6-12-25)26-13-7-4-8-14-26)21-30(20-27)44-35-23-31(32(37)24-33(35)38)34-22-29(43-2)16-18-39-34;/h3-19,21-22,24H,1-2H3;/q-2;+2. The fourth-order valence-electron chi connectivity index (χ4n) is 4.68. The summed E-state index contributed by atoms with van der Waals surface area (Å²) in [5, 5.41) is 0. The molecule has 0 aliphatic carbocycles. The van der Waals surface area contributed by atoms with Crippen LogP contribution in [0.2, 0.25) is 0 Å². The Hall–Kier alpha value is -5.10. The van der Waals surface area contributed by atoms with Gasteiger partial charge in [0.1, 0.15) is 11.6 Å². The van der Waals surface area contributed by atoms with E-state index in [1.165, 1.54) is 13.3 Å². The van der Waals surface area contributed by atoms with E-state index >= 15 is 4.39 Å². The fraction of sp³-hybridized carbons (Fsp3) is 0.0556. The monoisotopic (exact) mass is 690 g/mol. The molecule has 0 spiro atoms. The molecular weight excluding hydrogens is 665 g/mol. The Bertz CT molecular complexity index is 1840. The molecule has 0 atom stereocenters. The van der Waals surface area contributed by atoms with Crippen molar-refractivity contribution in [2.24, 2.45) is 0 Å². The Morgan fingerprint density at radius 1 is 0.689 bits per heavy atom. The number of hydrogen-bond acceptors (Lipinski definition) is 6. The average Bonchev–Trinajstić information content (AvgIpc) is 3.07.